The van der Waals surface area contributed by atoms with Gasteiger partial charge in [0.25, 0.3) is 0 Å². The van der Waals surface area contributed by atoms with Crippen LogP contribution in [0.3, 0.4) is 0 Å². The van der Waals surface area contributed by atoms with Gasteiger partial charge in [-0.3, -0.25) is 0 Å². The summed E-state index contributed by atoms with van der Waals surface area (Å²) in [5, 5.41) is 2.98. The van der Waals surface area contributed by atoms with Crippen molar-refractivity contribution in [2.45, 2.75) is 25.9 Å². The van der Waals surface area contributed by atoms with Crippen LogP contribution < -0.4 is 10.1 Å². The monoisotopic (exact) mass is 348 g/mol. The number of hydrogen-bond donors (Lipinski definition) is 1. The highest BCUT2D eigenvalue weighted by Gasteiger charge is 2.16. The van der Waals surface area contributed by atoms with Gasteiger partial charge in [-0.1, -0.05) is 11.6 Å². The van der Waals surface area contributed by atoms with E-state index in [9.17, 15) is 0 Å². The van der Waals surface area contributed by atoms with Gasteiger partial charge < -0.3 is 14.8 Å². The average molecular weight is 350 g/mol. The first-order valence-electron chi connectivity index (χ1n) is 6.68. The lowest BCUT2D eigenvalue weighted by Gasteiger charge is -2.12. The third kappa shape index (κ3) is 4.63. The summed E-state index contributed by atoms with van der Waals surface area (Å²) in [6, 6.07) is 3.78. The maximum absolute atomic E-state index is 5.97. The van der Waals surface area contributed by atoms with Gasteiger partial charge in [-0.25, -0.2) is 0 Å². The molecule has 0 saturated carbocycles. The summed E-state index contributed by atoms with van der Waals surface area (Å²) in [5.41, 5.74) is 1.05. The van der Waals surface area contributed by atoms with Crippen molar-refractivity contribution in [3.63, 3.8) is 0 Å². The maximum atomic E-state index is 5.97. The zero-order chi connectivity index (χ0) is 13.7. The minimum absolute atomic E-state index is 0.434. The number of hydrogen-bond acceptors (Lipinski definition) is 2. The van der Waals surface area contributed by atoms with E-state index in [4.69, 9.17) is 21.1 Å². The van der Waals surface area contributed by atoms with Crippen LogP contribution in [0.25, 0.3) is 0 Å². The molecule has 19 heavy (non-hydrogen) atoms. The zero-order valence-electron chi connectivity index (χ0n) is 11.1. The summed E-state index contributed by atoms with van der Waals surface area (Å²) in [6.45, 7) is 5.58. The first-order valence-corrected chi connectivity index (χ1v) is 7.85. The Hall–Kier alpha value is -0.290. The molecule has 3 nitrogen and oxygen atoms in total. The molecule has 0 bridgehead atoms. The molecule has 0 aromatic heterocycles. The highest BCUT2D eigenvalue weighted by molar-refractivity contribution is 9.10. The van der Waals surface area contributed by atoms with Gasteiger partial charge in [0, 0.05) is 11.6 Å². The molecule has 0 amide bonds. The molecule has 1 aliphatic rings. The highest BCUT2D eigenvalue weighted by atomic mass is 79.9. The Morgan fingerprint density at radius 1 is 1.53 bits per heavy atom. The maximum Gasteiger partial charge on any atom is 0.137 e. The Bertz CT molecular complexity index is 399. The lowest BCUT2D eigenvalue weighted by atomic mass is 10.2. The van der Waals surface area contributed by atoms with Crippen molar-refractivity contribution in [3.05, 3.63) is 27.2 Å². The molecular formula is C14H20BrClNO2+. The van der Waals surface area contributed by atoms with E-state index in [1.165, 1.54) is 12.8 Å². The van der Waals surface area contributed by atoms with Crippen LogP contribution in [0.4, 0.5) is 0 Å². The van der Waals surface area contributed by atoms with Crippen LogP contribution in [0.1, 0.15) is 18.4 Å². The van der Waals surface area contributed by atoms with Crippen molar-refractivity contribution in [3.8, 4) is 5.75 Å². The molecule has 0 unspecified atom stereocenters. The molecule has 0 radical (unpaired) electrons. The molecule has 2 N–H and O–H groups in total. The Morgan fingerprint density at radius 2 is 2.37 bits per heavy atom. The highest BCUT2D eigenvalue weighted by Crippen LogP contribution is 2.31. The molecule has 1 aromatic carbocycles. The summed E-state index contributed by atoms with van der Waals surface area (Å²) >= 11 is 9.45. The second kappa shape index (κ2) is 7.48. The number of benzene rings is 1. The number of quaternary nitrogens is 1. The van der Waals surface area contributed by atoms with E-state index in [2.05, 4.69) is 21.2 Å². The third-order valence-corrected chi connectivity index (χ3v) is 4.02. The fourth-order valence-electron chi connectivity index (χ4n) is 2.25. The van der Waals surface area contributed by atoms with E-state index in [1.54, 1.807) is 0 Å². The predicted molar refractivity (Wildman–Crippen MR) is 80.0 cm³/mol. The normalized spacial score (nSPS) is 18.8. The molecule has 5 heteroatoms. The minimum Gasteiger partial charge on any atom is -0.486 e. The Morgan fingerprint density at radius 3 is 3.05 bits per heavy atom. The van der Waals surface area contributed by atoms with Crippen molar-refractivity contribution in [1.29, 1.82) is 0 Å². The average Bonchev–Trinajstić information content (AvgIpc) is 2.84. The Labute approximate surface area is 127 Å². The fourth-order valence-corrected chi connectivity index (χ4v) is 3.33. The SMILES string of the molecule is Cc1cc(Cl)cc(Br)c1OCC[NH2+]C[C@@H]1CCCO1. The van der Waals surface area contributed by atoms with Gasteiger partial charge in [0.1, 0.15) is 31.5 Å². The van der Waals surface area contributed by atoms with Crippen molar-refractivity contribution in [1.82, 2.24) is 0 Å². The minimum atomic E-state index is 0.434. The van der Waals surface area contributed by atoms with Gasteiger partial charge in [-0.05, 0) is 53.4 Å². The van der Waals surface area contributed by atoms with E-state index in [1.807, 2.05) is 19.1 Å². The third-order valence-electron chi connectivity index (χ3n) is 3.22. The van der Waals surface area contributed by atoms with E-state index < -0.39 is 0 Å². The van der Waals surface area contributed by atoms with Crippen LogP contribution in [-0.2, 0) is 4.74 Å². The quantitative estimate of drug-likeness (QED) is 0.801. The van der Waals surface area contributed by atoms with Crippen LogP contribution in [-0.4, -0.2) is 32.4 Å². The van der Waals surface area contributed by atoms with Crippen LogP contribution in [0.2, 0.25) is 5.02 Å². The number of aryl methyl sites for hydroxylation is 1. The van der Waals surface area contributed by atoms with Gasteiger partial charge in [-0.2, -0.15) is 0 Å². The van der Waals surface area contributed by atoms with E-state index in [0.717, 1.165) is 40.5 Å². The van der Waals surface area contributed by atoms with E-state index in [-0.39, 0.29) is 0 Å². The molecule has 1 fully saturated rings. The molecule has 106 valence electrons. The van der Waals surface area contributed by atoms with Crippen LogP contribution in [0.5, 0.6) is 5.75 Å². The number of ether oxygens (including phenoxy) is 2. The largest absolute Gasteiger partial charge is 0.486 e. The number of nitrogens with two attached hydrogens (primary N) is 1. The van der Waals surface area contributed by atoms with Crippen LogP contribution in [0.15, 0.2) is 16.6 Å². The summed E-state index contributed by atoms with van der Waals surface area (Å²) in [5.74, 6) is 0.884. The van der Waals surface area contributed by atoms with Gasteiger partial charge >= 0.3 is 0 Å². The fraction of sp³-hybridized carbons (Fsp3) is 0.571. The van der Waals surface area contributed by atoms with Crippen LogP contribution >= 0.6 is 27.5 Å². The van der Waals surface area contributed by atoms with Crippen LogP contribution in [0, 0.1) is 6.92 Å². The molecule has 0 spiro atoms. The molecule has 1 aromatic rings. The second-order valence-electron chi connectivity index (χ2n) is 4.83. The summed E-state index contributed by atoms with van der Waals surface area (Å²) in [6.07, 6.45) is 2.83. The number of rotatable bonds is 6. The summed E-state index contributed by atoms with van der Waals surface area (Å²) in [4.78, 5) is 0. The standard InChI is InChI=1S/C14H19BrClNO2/c1-10-7-11(16)8-13(15)14(10)19-6-4-17-9-12-3-2-5-18-12/h7-8,12,17H,2-6,9H2,1H3/p+1/t12-/m0/s1. The topological polar surface area (TPSA) is 35.1 Å². The van der Waals surface area contributed by atoms with E-state index >= 15 is 0 Å². The van der Waals surface area contributed by atoms with Gasteiger partial charge in [0.2, 0.25) is 0 Å². The van der Waals surface area contributed by atoms with Gasteiger partial charge in [0.15, 0.2) is 0 Å². The Balaban J connectivity index is 1.70. The molecule has 2 rings (SSSR count). The van der Waals surface area contributed by atoms with Gasteiger partial charge in [-0.15, -0.1) is 0 Å². The molecule has 1 atom stereocenters. The van der Waals surface area contributed by atoms with E-state index in [0.29, 0.717) is 12.7 Å². The van der Waals surface area contributed by atoms with Crippen molar-refractivity contribution < 1.29 is 14.8 Å². The van der Waals surface area contributed by atoms with Crippen molar-refractivity contribution in [2.24, 2.45) is 0 Å². The second-order valence-corrected chi connectivity index (χ2v) is 6.12. The van der Waals surface area contributed by atoms with Crippen molar-refractivity contribution >= 4 is 27.5 Å². The van der Waals surface area contributed by atoms with Crippen molar-refractivity contribution in [2.75, 3.05) is 26.3 Å². The lowest BCUT2D eigenvalue weighted by Crippen LogP contribution is -2.87. The molecule has 1 heterocycles. The van der Waals surface area contributed by atoms with Gasteiger partial charge in [0.05, 0.1) is 4.47 Å². The first kappa shape index (κ1) is 15.1. The summed E-state index contributed by atoms with van der Waals surface area (Å²) in [7, 11) is 0. The first-order chi connectivity index (χ1) is 9.16. The molecule has 0 aliphatic carbocycles. The summed E-state index contributed by atoms with van der Waals surface area (Å²) < 4.78 is 12.3. The molecule has 1 aliphatic heterocycles. The lowest BCUT2D eigenvalue weighted by molar-refractivity contribution is -0.661. The predicted octanol–water partition coefficient (Wildman–Crippen LogP) is 2.53. The molecule has 1 saturated heterocycles. The zero-order valence-corrected chi connectivity index (χ0v) is 13.5. The molecular weight excluding hydrogens is 330 g/mol. The smallest absolute Gasteiger partial charge is 0.137 e. The Kier molecular flexibility index (Phi) is 5.95. The number of halogens is 2.